The number of unbranched alkanes of at least 4 members (excludes halogenated alkanes) is 1. The van der Waals surface area contributed by atoms with Crippen molar-refractivity contribution in [2.75, 3.05) is 39.0 Å². The van der Waals surface area contributed by atoms with E-state index in [9.17, 15) is 10.2 Å². The van der Waals surface area contributed by atoms with Crippen molar-refractivity contribution in [3.8, 4) is 0 Å². The lowest BCUT2D eigenvalue weighted by Gasteiger charge is -2.22. The molecule has 1 aliphatic rings. The third-order valence-corrected chi connectivity index (χ3v) is 4.87. The van der Waals surface area contributed by atoms with Gasteiger partial charge in [-0.2, -0.15) is 0 Å². The number of nitrogen functional groups attached to an aromatic ring is 1. The molecule has 2 aromatic rings. The molecule has 0 aliphatic carbocycles. The summed E-state index contributed by atoms with van der Waals surface area (Å²) in [7, 11) is 1.97. The molecule has 150 valence electrons. The minimum absolute atomic E-state index is 0.263. The van der Waals surface area contributed by atoms with E-state index in [1.54, 1.807) is 4.57 Å². The average Bonchev–Trinajstić information content (AvgIpc) is 3.19. The van der Waals surface area contributed by atoms with Crippen LogP contribution in [0.1, 0.15) is 26.0 Å². The topological polar surface area (TPSA) is 135 Å². The fourth-order valence-corrected chi connectivity index (χ4v) is 3.26. The summed E-state index contributed by atoms with van der Waals surface area (Å²) in [6, 6.07) is 0. The lowest BCUT2D eigenvalue weighted by molar-refractivity contribution is -0.0420. The van der Waals surface area contributed by atoms with Crippen molar-refractivity contribution in [1.82, 2.24) is 29.7 Å². The number of rotatable bonds is 9. The molecule has 1 aliphatic heterocycles. The van der Waals surface area contributed by atoms with Gasteiger partial charge in [0.1, 0.15) is 30.2 Å². The predicted octanol–water partition coefficient (Wildman–Crippen LogP) is -0.651. The van der Waals surface area contributed by atoms with Gasteiger partial charge in [-0.3, -0.25) is 4.57 Å². The number of nitrogens with two attached hydrogens (primary N) is 1. The summed E-state index contributed by atoms with van der Waals surface area (Å²) >= 11 is 0. The Kier molecular flexibility index (Phi) is 6.55. The van der Waals surface area contributed by atoms with Crippen LogP contribution in [0.15, 0.2) is 12.7 Å². The summed E-state index contributed by atoms with van der Waals surface area (Å²) in [5.74, 6) is 0.263. The van der Waals surface area contributed by atoms with E-state index in [1.165, 1.54) is 19.1 Å². The maximum absolute atomic E-state index is 10.5. The molecule has 0 aromatic carbocycles. The monoisotopic (exact) mass is 379 g/mol. The Morgan fingerprint density at radius 3 is 2.85 bits per heavy atom. The second-order valence-electron chi connectivity index (χ2n) is 7.00. The highest BCUT2D eigenvalue weighted by atomic mass is 16.6. The second-order valence-corrected chi connectivity index (χ2v) is 7.00. The van der Waals surface area contributed by atoms with Crippen molar-refractivity contribution in [3.63, 3.8) is 0 Å². The fourth-order valence-electron chi connectivity index (χ4n) is 3.26. The summed E-state index contributed by atoms with van der Waals surface area (Å²) in [6.07, 6.45) is 1.80. The molecule has 4 atom stereocenters. The third kappa shape index (κ3) is 4.36. The van der Waals surface area contributed by atoms with Gasteiger partial charge in [0.05, 0.1) is 6.33 Å². The quantitative estimate of drug-likeness (QED) is 0.419. The molecule has 27 heavy (non-hydrogen) atoms. The van der Waals surface area contributed by atoms with Crippen LogP contribution in [0.5, 0.6) is 0 Å². The van der Waals surface area contributed by atoms with Crippen molar-refractivity contribution >= 4 is 17.0 Å². The Morgan fingerprint density at radius 1 is 1.26 bits per heavy atom. The zero-order valence-corrected chi connectivity index (χ0v) is 15.8. The van der Waals surface area contributed by atoms with E-state index in [0.29, 0.717) is 17.7 Å². The molecule has 0 bridgehead atoms. The van der Waals surface area contributed by atoms with Crippen molar-refractivity contribution in [3.05, 3.63) is 12.7 Å². The molecule has 3 rings (SSSR count). The van der Waals surface area contributed by atoms with Gasteiger partial charge < -0.3 is 30.9 Å². The van der Waals surface area contributed by atoms with E-state index in [-0.39, 0.29) is 5.82 Å². The number of nitrogens with zero attached hydrogens (tertiary/aromatic N) is 5. The van der Waals surface area contributed by atoms with Crippen LogP contribution < -0.4 is 11.1 Å². The van der Waals surface area contributed by atoms with E-state index in [1.807, 2.05) is 7.05 Å². The number of ether oxygens (including phenoxy) is 1. The molecule has 0 spiro atoms. The smallest absolute Gasteiger partial charge is 0.167 e. The molecule has 0 amide bonds. The molecule has 1 saturated heterocycles. The number of fused-ring (bicyclic) bond motifs is 1. The van der Waals surface area contributed by atoms with Crippen LogP contribution >= 0.6 is 0 Å². The second kappa shape index (κ2) is 8.89. The van der Waals surface area contributed by atoms with Crippen LogP contribution in [0, 0.1) is 0 Å². The van der Waals surface area contributed by atoms with Gasteiger partial charge in [0.15, 0.2) is 17.7 Å². The molecular weight excluding hydrogens is 350 g/mol. The van der Waals surface area contributed by atoms with Gasteiger partial charge in [-0.05, 0) is 20.0 Å². The number of anilines is 1. The minimum atomic E-state index is -1.08. The molecule has 0 unspecified atom stereocenters. The van der Waals surface area contributed by atoms with Gasteiger partial charge in [-0.15, -0.1) is 0 Å². The SMILES string of the molecule is CCCCNCCN(C)C[C@H]1O[C@@H](n2cnc3c(N)ncnc32)[C@H](O)[C@@H]1O. The van der Waals surface area contributed by atoms with Crippen LogP contribution in [0.25, 0.3) is 11.2 Å². The minimum Gasteiger partial charge on any atom is -0.387 e. The number of hydrogen-bond acceptors (Lipinski definition) is 9. The Morgan fingerprint density at radius 2 is 2.07 bits per heavy atom. The Bertz CT molecular complexity index is 740. The van der Waals surface area contributed by atoms with Gasteiger partial charge in [0.2, 0.25) is 0 Å². The molecule has 10 nitrogen and oxygen atoms in total. The third-order valence-electron chi connectivity index (χ3n) is 4.87. The molecule has 3 heterocycles. The van der Waals surface area contributed by atoms with Crippen LogP contribution in [-0.2, 0) is 4.74 Å². The number of aliphatic hydroxyl groups excluding tert-OH is 2. The molecule has 10 heteroatoms. The normalized spacial score (nSPS) is 25.7. The lowest BCUT2D eigenvalue weighted by Crippen LogP contribution is -2.40. The van der Waals surface area contributed by atoms with Gasteiger partial charge in [-0.25, -0.2) is 15.0 Å². The molecule has 5 N–H and O–H groups in total. The summed E-state index contributed by atoms with van der Waals surface area (Å²) in [5, 5.41) is 24.3. The molecular formula is C17H29N7O3. The number of imidazole rings is 1. The highest BCUT2D eigenvalue weighted by molar-refractivity contribution is 5.81. The molecule has 2 aromatic heterocycles. The van der Waals surface area contributed by atoms with Crippen LogP contribution in [0.3, 0.4) is 0 Å². The Labute approximate surface area is 158 Å². The standard InChI is InChI=1S/C17H29N7O3/c1-3-4-5-19-6-7-23(2)8-11-13(25)14(26)17(27-11)24-10-22-12-15(18)20-9-21-16(12)24/h9-11,13-14,17,19,25-26H,3-8H2,1-2H3,(H2,18,20,21)/t11-,13-,14-,17-/m1/s1. The largest absolute Gasteiger partial charge is 0.387 e. The zero-order valence-electron chi connectivity index (χ0n) is 15.8. The first-order valence-corrected chi connectivity index (χ1v) is 9.36. The summed E-state index contributed by atoms with van der Waals surface area (Å²) in [6.45, 7) is 5.38. The first-order valence-electron chi connectivity index (χ1n) is 9.36. The number of nitrogens with one attached hydrogen (secondary N) is 1. The van der Waals surface area contributed by atoms with E-state index >= 15 is 0 Å². The van der Waals surface area contributed by atoms with E-state index in [2.05, 4.69) is 32.1 Å². The van der Waals surface area contributed by atoms with E-state index in [0.717, 1.165) is 26.1 Å². The highest BCUT2D eigenvalue weighted by Crippen LogP contribution is 2.32. The van der Waals surface area contributed by atoms with Crippen molar-refractivity contribution in [1.29, 1.82) is 0 Å². The van der Waals surface area contributed by atoms with Crippen molar-refractivity contribution in [2.24, 2.45) is 0 Å². The number of aromatic nitrogens is 4. The number of aliphatic hydroxyl groups is 2. The number of likely N-dealkylation sites (N-methyl/N-ethyl adjacent to an activating group) is 1. The highest BCUT2D eigenvalue weighted by Gasteiger charge is 2.44. The first-order chi connectivity index (χ1) is 13.0. The zero-order chi connectivity index (χ0) is 19.4. The maximum Gasteiger partial charge on any atom is 0.167 e. The van der Waals surface area contributed by atoms with Gasteiger partial charge in [0, 0.05) is 19.6 Å². The van der Waals surface area contributed by atoms with Crippen LogP contribution in [0.2, 0.25) is 0 Å². The van der Waals surface area contributed by atoms with Gasteiger partial charge >= 0.3 is 0 Å². The predicted molar refractivity (Wildman–Crippen MR) is 101 cm³/mol. The Balaban J connectivity index is 1.61. The van der Waals surface area contributed by atoms with Crippen molar-refractivity contribution in [2.45, 2.75) is 44.3 Å². The Hall–Kier alpha value is -1.85. The van der Waals surface area contributed by atoms with Crippen LogP contribution in [-0.4, -0.2) is 86.2 Å². The van der Waals surface area contributed by atoms with E-state index < -0.39 is 24.5 Å². The van der Waals surface area contributed by atoms with Gasteiger partial charge in [0.25, 0.3) is 0 Å². The summed E-state index contributed by atoms with van der Waals surface area (Å²) in [4.78, 5) is 14.4. The fraction of sp³-hybridized carbons (Fsp3) is 0.706. The van der Waals surface area contributed by atoms with Crippen molar-refractivity contribution < 1.29 is 14.9 Å². The number of hydrogen-bond donors (Lipinski definition) is 4. The van der Waals surface area contributed by atoms with Gasteiger partial charge in [-0.1, -0.05) is 13.3 Å². The lowest BCUT2D eigenvalue weighted by atomic mass is 10.1. The molecule has 0 radical (unpaired) electrons. The maximum atomic E-state index is 10.5. The molecule has 1 fully saturated rings. The van der Waals surface area contributed by atoms with E-state index in [4.69, 9.17) is 10.5 Å². The summed E-state index contributed by atoms with van der Waals surface area (Å²) in [5.41, 5.74) is 6.72. The molecule has 0 saturated carbocycles. The average molecular weight is 379 g/mol. The summed E-state index contributed by atoms with van der Waals surface area (Å²) < 4.78 is 7.54. The first kappa shape index (κ1) is 19.9. The van der Waals surface area contributed by atoms with Crippen LogP contribution in [0.4, 0.5) is 5.82 Å².